The SMILES string of the molecule is CS1(C)CC=CC1. The molecular weight excluding hydrogens is 104 g/mol. The lowest BCUT2D eigenvalue weighted by atomic mass is 10.6. The minimum atomic E-state index is -0.157. The fourth-order valence-corrected chi connectivity index (χ4v) is 2.18. The Balaban J connectivity index is 2.49. The molecule has 0 atom stereocenters. The molecule has 0 aliphatic carbocycles. The molecule has 0 aromatic heterocycles. The zero-order chi connectivity index (χ0) is 5.33. The predicted octanol–water partition coefficient (Wildman–Crippen LogP) is 1.62. The van der Waals surface area contributed by atoms with E-state index in [9.17, 15) is 0 Å². The van der Waals surface area contributed by atoms with Crippen LogP contribution in [-0.2, 0) is 0 Å². The van der Waals surface area contributed by atoms with Gasteiger partial charge < -0.3 is 0 Å². The van der Waals surface area contributed by atoms with Crippen molar-refractivity contribution in [2.24, 2.45) is 0 Å². The third-order valence-electron chi connectivity index (χ3n) is 1.26. The molecule has 0 N–H and O–H groups in total. The Kier molecular flexibility index (Phi) is 1.16. The van der Waals surface area contributed by atoms with E-state index in [-0.39, 0.29) is 10.0 Å². The first-order valence-electron chi connectivity index (χ1n) is 2.54. The topological polar surface area (TPSA) is 0 Å². The summed E-state index contributed by atoms with van der Waals surface area (Å²) >= 11 is 0. The summed E-state index contributed by atoms with van der Waals surface area (Å²) in [6.07, 6.45) is 9.37. The third-order valence-corrected chi connectivity index (χ3v) is 3.45. The Labute approximate surface area is 46.9 Å². The van der Waals surface area contributed by atoms with Crippen LogP contribution in [0.25, 0.3) is 0 Å². The van der Waals surface area contributed by atoms with E-state index in [4.69, 9.17) is 0 Å². The zero-order valence-electron chi connectivity index (χ0n) is 4.98. The average molecular weight is 116 g/mol. The number of rotatable bonds is 0. The fraction of sp³-hybridized carbons (Fsp3) is 0.667. The Morgan fingerprint density at radius 3 is 1.71 bits per heavy atom. The summed E-state index contributed by atoms with van der Waals surface area (Å²) < 4.78 is 0. The van der Waals surface area contributed by atoms with Crippen molar-refractivity contribution in [2.75, 3.05) is 24.0 Å². The highest BCUT2D eigenvalue weighted by Gasteiger charge is 2.10. The van der Waals surface area contributed by atoms with Crippen LogP contribution >= 0.6 is 10.0 Å². The molecular formula is C6H12S. The van der Waals surface area contributed by atoms with Crippen molar-refractivity contribution in [2.45, 2.75) is 0 Å². The van der Waals surface area contributed by atoms with Crippen molar-refractivity contribution in [3.63, 3.8) is 0 Å². The highest BCUT2D eigenvalue weighted by molar-refractivity contribution is 8.33. The molecule has 0 fully saturated rings. The summed E-state index contributed by atoms with van der Waals surface area (Å²) in [7, 11) is -0.157. The number of hydrogen-bond donors (Lipinski definition) is 0. The van der Waals surface area contributed by atoms with Crippen molar-refractivity contribution >= 4 is 10.0 Å². The van der Waals surface area contributed by atoms with E-state index in [0.717, 1.165) is 0 Å². The molecule has 42 valence electrons. The molecule has 7 heavy (non-hydrogen) atoms. The maximum atomic E-state index is 2.38. The van der Waals surface area contributed by atoms with Crippen LogP contribution in [0.5, 0.6) is 0 Å². The second-order valence-electron chi connectivity index (χ2n) is 2.57. The van der Waals surface area contributed by atoms with Crippen LogP contribution in [-0.4, -0.2) is 24.0 Å². The zero-order valence-corrected chi connectivity index (χ0v) is 5.79. The maximum absolute atomic E-state index is 2.38. The highest BCUT2D eigenvalue weighted by atomic mass is 32.3. The highest BCUT2D eigenvalue weighted by Crippen LogP contribution is 2.42. The molecule has 0 aromatic carbocycles. The van der Waals surface area contributed by atoms with Crippen LogP contribution in [0.15, 0.2) is 12.2 Å². The summed E-state index contributed by atoms with van der Waals surface area (Å²) in [5, 5.41) is 0. The van der Waals surface area contributed by atoms with Gasteiger partial charge >= 0.3 is 0 Å². The van der Waals surface area contributed by atoms with Crippen LogP contribution < -0.4 is 0 Å². The first kappa shape index (κ1) is 5.23. The molecule has 1 aliphatic heterocycles. The van der Waals surface area contributed by atoms with Gasteiger partial charge in [0.05, 0.1) is 0 Å². The smallest absolute Gasteiger partial charge is 0.00483 e. The lowest BCUT2D eigenvalue weighted by Crippen LogP contribution is -1.94. The van der Waals surface area contributed by atoms with Gasteiger partial charge in [-0.1, -0.05) is 12.2 Å². The summed E-state index contributed by atoms with van der Waals surface area (Å²) in [6, 6.07) is 0. The van der Waals surface area contributed by atoms with Crippen molar-refractivity contribution in [3.8, 4) is 0 Å². The molecule has 0 bridgehead atoms. The predicted molar refractivity (Wildman–Crippen MR) is 38.3 cm³/mol. The quantitative estimate of drug-likeness (QED) is 0.422. The van der Waals surface area contributed by atoms with E-state index in [0.29, 0.717) is 0 Å². The van der Waals surface area contributed by atoms with Crippen LogP contribution in [0, 0.1) is 0 Å². The normalized spacial score (nSPS) is 30.6. The van der Waals surface area contributed by atoms with Crippen molar-refractivity contribution < 1.29 is 0 Å². The Bertz CT molecular complexity index is 82.4. The van der Waals surface area contributed by atoms with E-state index in [1.165, 1.54) is 11.5 Å². The summed E-state index contributed by atoms with van der Waals surface area (Å²) in [6.45, 7) is 0. The van der Waals surface area contributed by atoms with Gasteiger partial charge in [0, 0.05) is 0 Å². The largest absolute Gasteiger partial charge is 0.240 e. The molecule has 0 amide bonds. The Morgan fingerprint density at radius 2 is 1.57 bits per heavy atom. The Morgan fingerprint density at radius 1 is 1.14 bits per heavy atom. The maximum Gasteiger partial charge on any atom is -0.00483 e. The van der Waals surface area contributed by atoms with Crippen LogP contribution in [0.4, 0.5) is 0 Å². The van der Waals surface area contributed by atoms with Gasteiger partial charge in [-0.15, -0.1) is 0 Å². The molecule has 0 saturated carbocycles. The summed E-state index contributed by atoms with van der Waals surface area (Å²) in [5.41, 5.74) is 0. The first-order chi connectivity index (χ1) is 3.21. The van der Waals surface area contributed by atoms with Gasteiger partial charge in [-0.2, -0.15) is 0 Å². The van der Waals surface area contributed by atoms with Crippen molar-refractivity contribution in [1.29, 1.82) is 0 Å². The van der Waals surface area contributed by atoms with Gasteiger partial charge in [-0.25, -0.2) is 10.0 Å². The van der Waals surface area contributed by atoms with Gasteiger partial charge in [0.15, 0.2) is 0 Å². The molecule has 0 aromatic rings. The van der Waals surface area contributed by atoms with E-state index in [1.807, 2.05) is 0 Å². The lowest BCUT2D eigenvalue weighted by molar-refractivity contribution is 1.78. The standard InChI is InChI=1S/C6H12S/c1-7(2)5-3-4-6-7/h3-4H,5-6H2,1-2H3. The molecule has 0 spiro atoms. The molecule has 1 heterocycles. The van der Waals surface area contributed by atoms with Gasteiger partial charge in [0.25, 0.3) is 0 Å². The van der Waals surface area contributed by atoms with E-state index in [1.54, 1.807) is 0 Å². The average Bonchev–Trinajstić information content (AvgIpc) is 1.84. The van der Waals surface area contributed by atoms with Gasteiger partial charge in [0.2, 0.25) is 0 Å². The minimum Gasteiger partial charge on any atom is -0.240 e. The number of hydrogen-bond acceptors (Lipinski definition) is 0. The van der Waals surface area contributed by atoms with Crippen LogP contribution in [0.1, 0.15) is 0 Å². The monoisotopic (exact) mass is 116 g/mol. The first-order valence-corrected chi connectivity index (χ1v) is 5.33. The van der Waals surface area contributed by atoms with Crippen molar-refractivity contribution in [1.82, 2.24) is 0 Å². The van der Waals surface area contributed by atoms with Crippen LogP contribution in [0.3, 0.4) is 0 Å². The molecule has 0 unspecified atom stereocenters. The van der Waals surface area contributed by atoms with E-state index >= 15 is 0 Å². The second-order valence-corrected chi connectivity index (χ2v) is 6.77. The summed E-state index contributed by atoms with van der Waals surface area (Å²) in [4.78, 5) is 0. The molecule has 0 nitrogen and oxygen atoms in total. The van der Waals surface area contributed by atoms with Gasteiger partial charge in [-0.3, -0.25) is 0 Å². The van der Waals surface area contributed by atoms with Gasteiger partial charge in [-0.05, 0) is 24.0 Å². The summed E-state index contributed by atoms with van der Waals surface area (Å²) in [5.74, 6) is 2.71. The van der Waals surface area contributed by atoms with Gasteiger partial charge in [0.1, 0.15) is 0 Å². The van der Waals surface area contributed by atoms with E-state index < -0.39 is 0 Å². The third kappa shape index (κ3) is 1.23. The van der Waals surface area contributed by atoms with Crippen LogP contribution in [0.2, 0.25) is 0 Å². The molecule has 0 radical (unpaired) electrons. The molecule has 1 heteroatoms. The minimum absolute atomic E-state index is 0.157. The Hall–Kier alpha value is 0.0900. The van der Waals surface area contributed by atoms with Crippen molar-refractivity contribution in [3.05, 3.63) is 12.2 Å². The second kappa shape index (κ2) is 1.55. The molecule has 1 aliphatic rings. The lowest BCUT2D eigenvalue weighted by Gasteiger charge is -2.22. The fourth-order valence-electron chi connectivity index (χ4n) is 0.725. The molecule has 0 saturated heterocycles. The molecule has 1 rings (SSSR count). The van der Waals surface area contributed by atoms with E-state index in [2.05, 4.69) is 24.7 Å².